The Bertz CT molecular complexity index is 672. The summed E-state index contributed by atoms with van der Waals surface area (Å²) in [7, 11) is 0. The van der Waals surface area contributed by atoms with E-state index in [-0.39, 0.29) is 5.91 Å². The minimum absolute atomic E-state index is 0.00341. The highest BCUT2D eigenvalue weighted by Crippen LogP contribution is 2.16. The van der Waals surface area contributed by atoms with Crippen LogP contribution >= 0.6 is 11.3 Å². The van der Waals surface area contributed by atoms with E-state index in [9.17, 15) is 4.79 Å². The van der Waals surface area contributed by atoms with Crippen molar-refractivity contribution in [2.24, 2.45) is 0 Å². The number of carbonyl (C=O) groups excluding carboxylic acids is 1. The molecule has 0 radical (unpaired) electrons. The molecule has 90 valence electrons. The van der Waals surface area contributed by atoms with Crippen LogP contribution in [0.3, 0.4) is 0 Å². The number of thiophene rings is 1. The molecular formula is C13H11N3OS. The maximum absolute atomic E-state index is 11.8. The lowest BCUT2D eigenvalue weighted by Crippen LogP contribution is -2.13. The van der Waals surface area contributed by atoms with Gasteiger partial charge in [-0.25, -0.2) is 4.98 Å². The molecule has 1 amide bonds. The number of imidazole rings is 1. The van der Waals surface area contributed by atoms with Crippen LogP contribution in [-0.2, 0) is 11.2 Å². The van der Waals surface area contributed by atoms with Gasteiger partial charge in [0.1, 0.15) is 0 Å². The van der Waals surface area contributed by atoms with Gasteiger partial charge in [-0.1, -0.05) is 6.07 Å². The average Bonchev–Trinajstić information content (AvgIpc) is 2.98. The first-order valence-electron chi connectivity index (χ1n) is 5.56. The van der Waals surface area contributed by atoms with E-state index >= 15 is 0 Å². The van der Waals surface area contributed by atoms with Crippen LogP contribution in [0.4, 0.5) is 5.69 Å². The van der Waals surface area contributed by atoms with E-state index in [1.54, 1.807) is 17.7 Å². The van der Waals surface area contributed by atoms with Crippen molar-refractivity contribution in [1.29, 1.82) is 0 Å². The first-order valence-corrected chi connectivity index (χ1v) is 6.44. The third-order valence-electron chi connectivity index (χ3n) is 2.62. The maximum atomic E-state index is 11.8. The minimum atomic E-state index is -0.00341. The Balaban J connectivity index is 1.73. The summed E-state index contributed by atoms with van der Waals surface area (Å²) < 4.78 is 0. The summed E-state index contributed by atoms with van der Waals surface area (Å²) in [5.41, 5.74) is 2.60. The van der Waals surface area contributed by atoms with Crippen LogP contribution in [0.2, 0.25) is 0 Å². The third kappa shape index (κ3) is 2.26. The fourth-order valence-electron chi connectivity index (χ4n) is 1.79. The van der Waals surface area contributed by atoms with E-state index in [4.69, 9.17) is 0 Å². The number of rotatable bonds is 3. The number of anilines is 1. The van der Waals surface area contributed by atoms with E-state index in [1.807, 2.05) is 35.7 Å². The highest BCUT2D eigenvalue weighted by atomic mass is 32.1. The molecule has 2 N–H and O–H groups in total. The molecule has 4 nitrogen and oxygen atoms in total. The molecule has 3 rings (SSSR count). The van der Waals surface area contributed by atoms with Crippen LogP contribution in [0, 0.1) is 0 Å². The number of aromatic amines is 1. The number of benzene rings is 1. The fraction of sp³-hybridized carbons (Fsp3) is 0.0769. The topological polar surface area (TPSA) is 57.8 Å². The van der Waals surface area contributed by atoms with Gasteiger partial charge in [0.25, 0.3) is 0 Å². The number of hydrogen-bond acceptors (Lipinski definition) is 3. The van der Waals surface area contributed by atoms with E-state index in [1.165, 1.54) is 0 Å². The Kier molecular flexibility index (Phi) is 2.82. The summed E-state index contributed by atoms with van der Waals surface area (Å²) in [6.45, 7) is 0. The molecule has 0 atom stereocenters. The van der Waals surface area contributed by atoms with Crippen LogP contribution in [-0.4, -0.2) is 15.9 Å². The molecule has 1 aromatic carbocycles. The lowest BCUT2D eigenvalue weighted by Gasteiger charge is -2.04. The van der Waals surface area contributed by atoms with E-state index in [0.717, 1.165) is 21.6 Å². The van der Waals surface area contributed by atoms with Crippen LogP contribution in [0.15, 0.2) is 42.0 Å². The predicted octanol–water partition coefficient (Wildman–Crippen LogP) is 2.81. The largest absolute Gasteiger partial charge is 0.345 e. The molecule has 0 saturated carbocycles. The summed E-state index contributed by atoms with van der Waals surface area (Å²) in [5.74, 6) is -0.00341. The number of carbonyl (C=O) groups is 1. The number of hydrogen-bond donors (Lipinski definition) is 2. The lowest BCUT2D eigenvalue weighted by atomic mass is 10.2. The number of nitrogens with one attached hydrogen (secondary N) is 2. The molecule has 0 unspecified atom stereocenters. The number of nitrogens with zero attached hydrogens (tertiary/aromatic N) is 1. The Morgan fingerprint density at radius 1 is 1.39 bits per heavy atom. The first-order chi connectivity index (χ1) is 8.81. The molecule has 2 heterocycles. The standard InChI is InChI=1S/C13H11N3OS/c17-13(7-10-2-1-5-18-10)16-9-3-4-11-12(6-9)15-8-14-11/h1-6,8H,7H2,(H,14,15)(H,16,17). The smallest absolute Gasteiger partial charge is 0.229 e. The zero-order chi connectivity index (χ0) is 12.4. The SMILES string of the molecule is O=C(Cc1cccs1)Nc1ccc2nc[nH]c2c1. The summed E-state index contributed by atoms with van der Waals surface area (Å²) in [5, 5.41) is 4.85. The Hall–Kier alpha value is -2.14. The zero-order valence-corrected chi connectivity index (χ0v) is 10.3. The highest BCUT2D eigenvalue weighted by molar-refractivity contribution is 7.10. The lowest BCUT2D eigenvalue weighted by molar-refractivity contribution is -0.115. The van der Waals surface area contributed by atoms with E-state index in [2.05, 4.69) is 15.3 Å². The third-order valence-corrected chi connectivity index (χ3v) is 3.50. The molecule has 0 aliphatic heterocycles. The second-order valence-electron chi connectivity index (χ2n) is 3.94. The van der Waals surface area contributed by atoms with Crippen molar-refractivity contribution in [3.05, 3.63) is 46.9 Å². The molecule has 18 heavy (non-hydrogen) atoms. The van der Waals surface area contributed by atoms with E-state index in [0.29, 0.717) is 6.42 Å². The number of amides is 1. The number of aromatic nitrogens is 2. The molecule has 2 aromatic heterocycles. The van der Waals surface area contributed by atoms with Crippen molar-refractivity contribution in [1.82, 2.24) is 9.97 Å². The van der Waals surface area contributed by atoms with Gasteiger partial charge < -0.3 is 10.3 Å². The number of fused-ring (bicyclic) bond motifs is 1. The average molecular weight is 257 g/mol. The summed E-state index contributed by atoms with van der Waals surface area (Å²) in [6.07, 6.45) is 2.06. The van der Waals surface area contributed by atoms with Gasteiger partial charge in [-0.05, 0) is 29.6 Å². The van der Waals surface area contributed by atoms with Crippen molar-refractivity contribution >= 4 is 34.0 Å². The molecule has 0 bridgehead atoms. The molecule has 0 fully saturated rings. The normalized spacial score (nSPS) is 10.7. The quantitative estimate of drug-likeness (QED) is 0.758. The van der Waals surface area contributed by atoms with Crippen LogP contribution in [0.25, 0.3) is 11.0 Å². The monoisotopic (exact) mass is 257 g/mol. The molecule has 0 aliphatic rings. The van der Waals surface area contributed by atoms with Gasteiger partial charge in [-0.3, -0.25) is 4.79 Å². The Morgan fingerprint density at radius 3 is 3.17 bits per heavy atom. The summed E-state index contributed by atoms with van der Waals surface area (Å²) in [6, 6.07) is 9.53. The van der Waals surface area contributed by atoms with Crippen LogP contribution < -0.4 is 5.32 Å². The molecule has 0 spiro atoms. The molecule has 5 heteroatoms. The van der Waals surface area contributed by atoms with Gasteiger partial charge in [0.2, 0.25) is 5.91 Å². The van der Waals surface area contributed by atoms with Crippen molar-refractivity contribution in [3.8, 4) is 0 Å². The van der Waals surface area contributed by atoms with Crippen molar-refractivity contribution in [2.75, 3.05) is 5.32 Å². The van der Waals surface area contributed by atoms with Gasteiger partial charge >= 0.3 is 0 Å². The van der Waals surface area contributed by atoms with Crippen molar-refractivity contribution < 1.29 is 4.79 Å². The van der Waals surface area contributed by atoms with Crippen LogP contribution in [0.1, 0.15) is 4.88 Å². The first kappa shape index (κ1) is 11.0. The minimum Gasteiger partial charge on any atom is -0.345 e. The van der Waals surface area contributed by atoms with Gasteiger partial charge in [0.05, 0.1) is 23.8 Å². The highest BCUT2D eigenvalue weighted by Gasteiger charge is 2.05. The zero-order valence-electron chi connectivity index (χ0n) is 9.51. The molecule has 3 aromatic rings. The Labute approximate surface area is 108 Å². The molecule has 0 aliphatic carbocycles. The second-order valence-corrected chi connectivity index (χ2v) is 4.97. The van der Waals surface area contributed by atoms with Gasteiger partial charge in [0, 0.05) is 10.6 Å². The van der Waals surface area contributed by atoms with Gasteiger partial charge in [-0.2, -0.15) is 0 Å². The van der Waals surface area contributed by atoms with Crippen LogP contribution in [0.5, 0.6) is 0 Å². The predicted molar refractivity (Wildman–Crippen MR) is 72.7 cm³/mol. The number of H-pyrrole nitrogens is 1. The summed E-state index contributed by atoms with van der Waals surface area (Å²) in [4.78, 5) is 20.0. The fourth-order valence-corrected chi connectivity index (χ4v) is 2.49. The molecule has 0 saturated heterocycles. The Morgan fingerprint density at radius 2 is 2.33 bits per heavy atom. The van der Waals surface area contributed by atoms with Crippen molar-refractivity contribution in [3.63, 3.8) is 0 Å². The maximum Gasteiger partial charge on any atom is 0.229 e. The van der Waals surface area contributed by atoms with Crippen molar-refractivity contribution in [2.45, 2.75) is 6.42 Å². The van der Waals surface area contributed by atoms with Gasteiger partial charge in [0.15, 0.2) is 0 Å². The van der Waals surface area contributed by atoms with Gasteiger partial charge in [-0.15, -0.1) is 11.3 Å². The van der Waals surface area contributed by atoms with E-state index < -0.39 is 0 Å². The second kappa shape index (κ2) is 4.62. The summed E-state index contributed by atoms with van der Waals surface area (Å²) >= 11 is 1.59. The molecular weight excluding hydrogens is 246 g/mol.